The molecule has 0 atom stereocenters. The highest BCUT2D eigenvalue weighted by molar-refractivity contribution is 6.43. The van der Waals surface area contributed by atoms with Crippen LogP contribution in [0.1, 0.15) is 42.1 Å². The third kappa shape index (κ3) is 4.42. The fourth-order valence-electron chi connectivity index (χ4n) is 2.73. The number of nitrogens with zero attached hydrogens (tertiary/aromatic N) is 2. The van der Waals surface area contributed by atoms with E-state index in [1.54, 1.807) is 12.3 Å². The number of aryl methyl sites for hydroxylation is 2. The molecule has 0 aliphatic carbocycles. The lowest BCUT2D eigenvalue weighted by molar-refractivity contribution is 0.302. The Morgan fingerprint density at radius 1 is 1.07 bits per heavy atom. The molecule has 27 heavy (non-hydrogen) atoms. The fourth-order valence-corrected chi connectivity index (χ4v) is 3.11. The van der Waals surface area contributed by atoms with Crippen LogP contribution in [0.25, 0.3) is 11.4 Å². The van der Waals surface area contributed by atoms with Crippen LogP contribution in [0, 0.1) is 13.8 Å². The molecule has 3 nitrogen and oxygen atoms in total. The molecule has 1 heterocycles. The van der Waals surface area contributed by atoms with Crippen molar-refractivity contribution in [1.29, 1.82) is 0 Å². The van der Waals surface area contributed by atoms with Crippen molar-refractivity contribution < 1.29 is 4.74 Å². The second-order valence-corrected chi connectivity index (χ2v) is 7.66. The molecule has 3 aromatic rings. The summed E-state index contributed by atoms with van der Waals surface area (Å²) in [5.74, 6) is 1.91. The first-order chi connectivity index (χ1) is 12.9. The SMILES string of the molecule is Cc1ccc(C(C)C)cc1OCc1cnc(-c2cccc(Cl)c2Cl)nc1C. The minimum atomic E-state index is 0.414. The quantitative estimate of drug-likeness (QED) is 0.473. The maximum absolute atomic E-state index is 6.28. The summed E-state index contributed by atoms with van der Waals surface area (Å²) in [6.07, 6.45) is 1.79. The second kappa shape index (κ2) is 8.28. The molecule has 140 valence electrons. The largest absolute Gasteiger partial charge is 0.488 e. The molecule has 0 aliphatic heterocycles. The summed E-state index contributed by atoms with van der Waals surface area (Å²) in [6, 6.07) is 11.8. The number of hydrogen-bond acceptors (Lipinski definition) is 3. The van der Waals surface area contributed by atoms with Crippen LogP contribution in [0.2, 0.25) is 10.0 Å². The van der Waals surface area contributed by atoms with E-state index in [2.05, 4.69) is 42.0 Å². The Kier molecular flexibility index (Phi) is 6.03. The first-order valence-corrected chi connectivity index (χ1v) is 9.62. The highest BCUT2D eigenvalue weighted by Gasteiger charge is 2.12. The predicted octanol–water partition coefficient (Wildman–Crippen LogP) is 6.77. The minimum absolute atomic E-state index is 0.414. The number of benzene rings is 2. The molecule has 3 rings (SSSR count). The molecule has 0 radical (unpaired) electrons. The van der Waals surface area contributed by atoms with E-state index < -0.39 is 0 Å². The minimum Gasteiger partial charge on any atom is -0.488 e. The van der Waals surface area contributed by atoms with E-state index in [9.17, 15) is 0 Å². The van der Waals surface area contributed by atoms with Crippen molar-refractivity contribution in [3.63, 3.8) is 0 Å². The molecule has 0 unspecified atom stereocenters. The van der Waals surface area contributed by atoms with Crippen molar-refractivity contribution in [2.24, 2.45) is 0 Å². The molecule has 2 aromatic carbocycles. The Balaban J connectivity index is 1.81. The summed E-state index contributed by atoms with van der Waals surface area (Å²) >= 11 is 12.4. The topological polar surface area (TPSA) is 35.0 Å². The van der Waals surface area contributed by atoms with Crippen molar-refractivity contribution in [3.05, 3.63) is 75.0 Å². The van der Waals surface area contributed by atoms with Gasteiger partial charge < -0.3 is 4.74 Å². The van der Waals surface area contributed by atoms with Gasteiger partial charge in [0.05, 0.1) is 10.0 Å². The summed E-state index contributed by atoms with van der Waals surface area (Å²) in [4.78, 5) is 9.05. The number of aromatic nitrogens is 2. The molecule has 0 bridgehead atoms. The average molecular weight is 401 g/mol. The van der Waals surface area contributed by atoms with Gasteiger partial charge in [0.1, 0.15) is 12.4 Å². The number of rotatable bonds is 5. The second-order valence-electron chi connectivity index (χ2n) is 6.87. The number of ether oxygens (including phenoxy) is 1. The summed E-state index contributed by atoms with van der Waals surface area (Å²) in [6.45, 7) is 8.75. The van der Waals surface area contributed by atoms with Crippen LogP contribution in [-0.2, 0) is 6.61 Å². The molecule has 0 saturated carbocycles. The van der Waals surface area contributed by atoms with Crippen LogP contribution in [-0.4, -0.2) is 9.97 Å². The Morgan fingerprint density at radius 2 is 1.85 bits per heavy atom. The fraction of sp³-hybridized carbons (Fsp3) is 0.273. The standard InChI is InChI=1S/C22H22Cl2N2O/c1-13(2)16-9-8-14(3)20(10-16)27-12-17-11-25-22(26-15(17)4)18-6-5-7-19(23)21(18)24/h5-11,13H,12H2,1-4H3. The summed E-state index contributed by atoms with van der Waals surface area (Å²) in [5.41, 5.74) is 4.88. The van der Waals surface area contributed by atoms with Crippen molar-refractivity contribution in [2.75, 3.05) is 0 Å². The van der Waals surface area contributed by atoms with Gasteiger partial charge in [-0.25, -0.2) is 9.97 Å². The molecule has 5 heteroatoms. The monoisotopic (exact) mass is 400 g/mol. The van der Waals surface area contributed by atoms with Gasteiger partial charge in [-0.3, -0.25) is 0 Å². The van der Waals surface area contributed by atoms with Crippen LogP contribution in [0.4, 0.5) is 0 Å². The highest BCUT2D eigenvalue weighted by Crippen LogP contribution is 2.32. The molecule has 0 N–H and O–H groups in total. The van der Waals surface area contributed by atoms with E-state index in [0.29, 0.717) is 28.4 Å². The van der Waals surface area contributed by atoms with Crippen molar-refractivity contribution in [3.8, 4) is 17.1 Å². The molecule has 0 spiro atoms. The molecular formula is C22H22Cl2N2O. The van der Waals surface area contributed by atoms with Crippen LogP contribution in [0.3, 0.4) is 0 Å². The first kappa shape index (κ1) is 19.7. The van der Waals surface area contributed by atoms with Crippen LogP contribution in [0.15, 0.2) is 42.6 Å². The normalized spacial score (nSPS) is 11.1. The Morgan fingerprint density at radius 3 is 2.56 bits per heavy atom. The number of halogens is 2. The molecule has 0 saturated heterocycles. The van der Waals surface area contributed by atoms with E-state index in [0.717, 1.165) is 28.1 Å². The lowest BCUT2D eigenvalue weighted by Crippen LogP contribution is -2.04. The van der Waals surface area contributed by atoms with E-state index in [-0.39, 0.29) is 0 Å². The van der Waals surface area contributed by atoms with Gasteiger partial charge in [-0.1, -0.05) is 55.2 Å². The molecular weight excluding hydrogens is 379 g/mol. The Bertz CT molecular complexity index is 971. The van der Waals surface area contributed by atoms with Gasteiger partial charge in [0.25, 0.3) is 0 Å². The van der Waals surface area contributed by atoms with Gasteiger partial charge in [0.2, 0.25) is 0 Å². The third-order valence-electron chi connectivity index (χ3n) is 4.54. The first-order valence-electron chi connectivity index (χ1n) is 8.87. The Hall–Kier alpha value is -2.10. The summed E-state index contributed by atoms with van der Waals surface area (Å²) in [5, 5.41) is 0.951. The molecule has 1 aromatic heterocycles. The van der Waals surface area contributed by atoms with Gasteiger partial charge in [0.15, 0.2) is 5.82 Å². The lowest BCUT2D eigenvalue weighted by atomic mass is 10.0. The van der Waals surface area contributed by atoms with E-state index >= 15 is 0 Å². The highest BCUT2D eigenvalue weighted by atomic mass is 35.5. The van der Waals surface area contributed by atoms with Gasteiger partial charge in [0, 0.05) is 23.0 Å². The third-order valence-corrected chi connectivity index (χ3v) is 5.35. The van der Waals surface area contributed by atoms with Crippen molar-refractivity contribution in [1.82, 2.24) is 9.97 Å². The molecule has 0 amide bonds. The summed E-state index contributed by atoms with van der Waals surface area (Å²) < 4.78 is 6.06. The van der Waals surface area contributed by atoms with Crippen molar-refractivity contribution >= 4 is 23.2 Å². The van der Waals surface area contributed by atoms with Gasteiger partial charge in [-0.2, -0.15) is 0 Å². The molecule has 0 aliphatic rings. The van der Waals surface area contributed by atoms with Crippen LogP contribution in [0.5, 0.6) is 5.75 Å². The zero-order valence-electron chi connectivity index (χ0n) is 15.9. The zero-order chi connectivity index (χ0) is 19.6. The Labute approximate surface area is 170 Å². The van der Waals surface area contributed by atoms with Crippen LogP contribution >= 0.6 is 23.2 Å². The lowest BCUT2D eigenvalue weighted by Gasteiger charge is -2.14. The van der Waals surface area contributed by atoms with Gasteiger partial charge >= 0.3 is 0 Å². The van der Waals surface area contributed by atoms with Crippen molar-refractivity contribution in [2.45, 2.75) is 40.2 Å². The summed E-state index contributed by atoms with van der Waals surface area (Å²) in [7, 11) is 0. The van der Waals surface area contributed by atoms with E-state index in [1.165, 1.54) is 5.56 Å². The van der Waals surface area contributed by atoms with Gasteiger partial charge in [-0.15, -0.1) is 0 Å². The predicted molar refractivity (Wildman–Crippen MR) is 112 cm³/mol. The smallest absolute Gasteiger partial charge is 0.160 e. The zero-order valence-corrected chi connectivity index (χ0v) is 17.4. The maximum atomic E-state index is 6.28. The van der Waals surface area contributed by atoms with Crippen LogP contribution < -0.4 is 4.74 Å². The average Bonchev–Trinajstić information content (AvgIpc) is 2.64. The maximum Gasteiger partial charge on any atom is 0.160 e. The number of hydrogen-bond donors (Lipinski definition) is 0. The van der Waals surface area contributed by atoms with Gasteiger partial charge in [-0.05, 0) is 49.1 Å². The molecule has 0 fully saturated rings. The van der Waals surface area contributed by atoms with E-state index in [1.807, 2.05) is 26.0 Å². The van der Waals surface area contributed by atoms with E-state index in [4.69, 9.17) is 27.9 Å².